The highest BCUT2D eigenvalue weighted by molar-refractivity contribution is 6.30. The van der Waals surface area contributed by atoms with Crippen LogP contribution in [0.3, 0.4) is 0 Å². The van der Waals surface area contributed by atoms with Gasteiger partial charge in [0.15, 0.2) is 0 Å². The van der Waals surface area contributed by atoms with Crippen LogP contribution < -0.4 is 11.1 Å². The molecule has 0 spiro atoms. The van der Waals surface area contributed by atoms with E-state index in [1.165, 1.54) is 0 Å². The highest BCUT2D eigenvalue weighted by Gasteiger charge is 2.05. The van der Waals surface area contributed by atoms with Crippen molar-refractivity contribution in [1.82, 2.24) is 25.5 Å². The number of carbonyl (C=O) groups is 1. The highest BCUT2D eigenvalue weighted by atomic mass is 35.5. The Balaban J connectivity index is 1.65. The molecule has 1 heterocycles. The Labute approximate surface area is 140 Å². The van der Waals surface area contributed by atoms with Crippen LogP contribution in [-0.2, 0) is 11.3 Å². The molecule has 0 aliphatic rings. The first-order chi connectivity index (χ1) is 11.2. The number of hydrogen-bond donors (Lipinski definition) is 2. The largest absolute Gasteiger partial charge is 0.355 e. The molecule has 1 amide bonds. The average Bonchev–Trinajstić information content (AvgIpc) is 3.03. The lowest BCUT2D eigenvalue weighted by atomic mass is 10.2. The van der Waals surface area contributed by atoms with Gasteiger partial charge >= 0.3 is 0 Å². The zero-order chi connectivity index (χ0) is 16.5. The standard InChI is InChI=1S/C15H21ClN6O/c16-13-7-5-12(6-8-13)15-19-21-22(20-15)10-4-2-1-3-9-18-14(23)11-17/h5-8H,1-4,9-11,17H2,(H,18,23). The Morgan fingerprint density at radius 2 is 1.91 bits per heavy atom. The van der Waals surface area contributed by atoms with Gasteiger partial charge in [-0.3, -0.25) is 4.79 Å². The normalized spacial score (nSPS) is 10.7. The number of halogens is 1. The molecule has 0 radical (unpaired) electrons. The summed E-state index contributed by atoms with van der Waals surface area (Å²) in [4.78, 5) is 12.6. The van der Waals surface area contributed by atoms with Gasteiger partial charge in [0.05, 0.1) is 13.1 Å². The van der Waals surface area contributed by atoms with Crippen LogP contribution in [0.25, 0.3) is 11.4 Å². The van der Waals surface area contributed by atoms with Crippen LogP contribution in [0.1, 0.15) is 25.7 Å². The SMILES string of the molecule is NCC(=O)NCCCCCCn1nnc(-c2ccc(Cl)cc2)n1. The number of nitrogens with zero attached hydrogens (tertiary/aromatic N) is 4. The topological polar surface area (TPSA) is 98.7 Å². The molecular formula is C15H21ClN6O. The maximum atomic E-state index is 11.0. The van der Waals surface area contributed by atoms with E-state index in [0.29, 0.717) is 17.4 Å². The van der Waals surface area contributed by atoms with E-state index in [-0.39, 0.29) is 12.5 Å². The van der Waals surface area contributed by atoms with E-state index in [9.17, 15) is 4.79 Å². The van der Waals surface area contributed by atoms with Crippen molar-refractivity contribution in [2.24, 2.45) is 5.73 Å². The number of tetrazole rings is 1. The molecule has 0 saturated carbocycles. The van der Waals surface area contributed by atoms with Crippen LogP contribution in [-0.4, -0.2) is 39.2 Å². The average molecular weight is 337 g/mol. The molecule has 1 aromatic heterocycles. The monoisotopic (exact) mass is 336 g/mol. The number of hydrogen-bond acceptors (Lipinski definition) is 5. The molecule has 2 aromatic rings. The lowest BCUT2D eigenvalue weighted by Crippen LogP contribution is -2.30. The Kier molecular flexibility index (Phi) is 6.96. The van der Waals surface area contributed by atoms with Crippen molar-refractivity contribution >= 4 is 17.5 Å². The van der Waals surface area contributed by atoms with E-state index >= 15 is 0 Å². The second-order valence-electron chi connectivity index (χ2n) is 5.18. The zero-order valence-electron chi connectivity index (χ0n) is 12.9. The molecular weight excluding hydrogens is 316 g/mol. The van der Waals surface area contributed by atoms with Crippen molar-refractivity contribution in [3.8, 4) is 11.4 Å². The zero-order valence-corrected chi connectivity index (χ0v) is 13.7. The number of unbranched alkanes of at least 4 members (excludes halogenated alkanes) is 3. The second-order valence-corrected chi connectivity index (χ2v) is 5.62. The van der Waals surface area contributed by atoms with E-state index in [2.05, 4.69) is 20.7 Å². The fourth-order valence-electron chi connectivity index (χ4n) is 2.08. The molecule has 2 rings (SSSR count). The summed E-state index contributed by atoms with van der Waals surface area (Å²) in [5.74, 6) is 0.498. The summed E-state index contributed by atoms with van der Waals surface area (Å²) in [5.41, 5.74) is 6.11. The Morgan fingerprint density at radius 3 is 2.65 bits per heavy atom. The molecule has 7 nitrogen and oxygen atoms in total. The third-order valence-electron chi connectivity index (χ3n) is 3.35. The molecule has 0 aliphatic carbocycles. The molecule has 0 aliphatic heterocycles. The third kappa shape index (κ3) is 5.96. The van der Waals surface area contributed by atoms with Crippen LogP contribution in [0.4, 0.5) is 0 Å². The summed E-state index contributed by atoms with van der Waals surface area (Å²) < 4.78 is 0. The quantitative estimate of drug-likeness (QED) is 0.678. The van der Waals surface area contributed by atoms with Crippen LogP contribution >= 0.6 is 11.6 Å². The van der Waals surface area contributed by atoms with Gasteiger partial charge in [0, 0.05) is 17.1 Å². The fourth-order valence-corrected chi connectivity index (χ4v) is 2.21. The van der Waals surface area contributed by atoms with Crippen LogP contribution in [0.2, 0.25) is 5.02 Å². The molecule has 0 bridgehead atoms. The number of nitrogens with one attached hydrogen (secondary N) is 1. The van der Waals surface area contributed by atoms with Gasteiger partial charge in [0.25, 0.3) is 0 Å². The smallest absolute Gasteiger partial charge is 0.233 e. The fraction of sp³-hybridized carbons (Fsp3) is 0.467. The van der Waals surface area contributed by atoms with Crippen LogP contribution in [0.15, 0.2) is 24.3 Å². The van der Waals surface area contributed by atoms with Gasteiger partial charge in [-0.05, 0) is 42.3 Å². The first-order valence-corrected chi connectivity index (χ1v) is 8.07. The van der Waals surface area contributed by atoms with Gasteiger partial charge in [-0.25, -0.2) is 0 Å². The van der Waals surface area contributed by atoms with Gasteiger partial charge < -0.3 is 11.1 Å². The van der Waals surface area contributed by atoms with Crippen molar-refractivity contribution < 1.29 is 4.79 Å². The number of aryl methyl sites for hydroxylation is 1. The summed E-state index contributed by atoms with van der Waals surface area (Å²) in [7, 11) is 0. The molecule has 0 atom stereocenters. The first kappa shape index (κ1) is 17.4. The number of aromatic nitrogens is 4. The first-order valence-electron chi connectivity index (χ1n) is 7.69. The minimum absolute atomic E-state index is 0.0495. The molecule has 8 heteroatoms. The number of benzene rings is 1. The molecule has 23 heavy (non-hydrogen) atoms. The van der Waals surface area contributed by atoms with E-state index in [1.807, 2.05) is 12.1 Å². The predicted molar refractivity (Wildman–Crippen MR) is 88.8 cm³/mol. The van der Waals surface area contributed by atoms with Gasteiger partial charge in [-0.1, -0.05) is 24.4 Å². The summed E-state index contributed by atoms with van der Waals surface area (Å²) in [6.45, 7) is 1.46. The maximum Gasteiger partial charge on any atom is 0.233 e. The van der Waals surface area contributed by atoms with Gasteiger partial charge in [0.1, 0.15) is 0 Å². The molecule has 124 valence electrons. The van der Waals surface area contributed by atoms with E-state index in [0.717, 1.165) is 37.8 Å². The lowest BCUT2D eigenvalue weighted by Gasteiger charge is -2.03. The van der Waals surface area contributed by atoms with Crippen molar-refractivity contribution in [2.45, 2.75) is 32.2 Å². The second kappa shape index (κ2) is 9.22. The van der Waals surface area contributed by atoms with Gasteiger partial charge in [0.2, 0.25) is 11.7 Å². The molecule has 0 fully saturated rings. The molecule has 3 N–H and O–H groups in total. The summed E-state index contributed by atoms with van der Waals surface area (Å²) in [6.07, 6.45) is 4.02. The maximum absolute atomic E-state index is 11.0. The number of nitrogens with two attached hydrogens (primary N) is 1. The number of carbonyl (C=O) groups excluding carboxylic acids is 1. The minimum atomic E-state index is -0.105. The molecule has 1 aromatic carbocycles. The number of rotatable bonds is 9. The lowest BCUT2D eigenvalue weighted by molar-refractivity contribution is -0.119. The van der Waals surface area contributed by atoms with Crippen molar-refractivity contribution in [2.75, 3.05) is 13.1 Å². The Morgan fingerprint density at radius 1 is 1.17 bits per heavy atom. The van der Waals surface area contributed by atoms with Gasteiger partial charge in [-0.15, -0.1) is 10.2 Å². The van der Waals surface area contributed by atoms with Gasteiger partial charge in [-0.2, -0.15) is 4.80 Å². The predicted octanol–water partition coefficient (Wildman–Crippen LogP) is 1.63. The van der Waals surface area contributed by atoms with Crippen molar-refractivity contribution in [1.29, 1.82) is 0 Å². The Bertz CT molecular complexity index is 613. The van der Waals surface area contributed by atoms with Crippen molar-refractivity contribution in [3.05, 3.63) is 29.3 Å². The van der Waals surface area contributed by atoms with E-state index in [4.69, 9.17) is 17.3 Å². The van der Waals surface area contributed by atoms with Crippen LogP contribution in [0, 0.1) is 0 Å². The highest BCUT2D eigenvalue weighted by Crippen LogP contribution is 2.17. The third-order valence-corrected chi connectivity index (χ3v) is 3.60. The minimum Gasteiger partial charge on any atom is -0.355 e. The number of amides is 1. The summed E-state index contributed by atoms with van der Waals surface area (Å²) in [6, 6.07) is 7.36. The summed E-state index contributed by atoms with van der Waals surface area (Å²) in [5, 5.41) is 15.9. The van der Waals surface area contributed by atoms with Crippen LogP contribution in [0.5, 0.6) is 0 Å². The van der Waals surface area contributed by atoms with E-state index in [1.54, 1.807) is 16.9 Å². The van der Waals surface area contributed by atoms with Crippen molar-refractivity contribution in [3.63, 3.8) is 0 Å². The summed E-state index contributed by atoms with van der Waals surface area (Å²) >= 11 is 5.86. The van der Waals surface area contributed by atoms with E-state index < -0.39 is 0 Å². The Hall–Kier alpha value is -1.99. The molecule has 0 unspecified atom stereocenters. The molecule has 0 saturated heterocycles.